The van der Waals surface area contributed by atoms with Gasteiger partial charge in [-0.2, -0.15) is 0 Å². The number of likely N-dealkylation sites (N-methyl/N-ethyl adjacent to an activating group) is 1. The van der Waals surface area contributed by atoms with Gasteiger partial charge in [0.15, 0.2) is 0 Å². The zero-order valence-corrected chi connectivity index (χ0v) is 14.1. The van der Waals surface area contributed by atoms with Crippen molar-refractivity contribution in [3.63, 3.8) is 0 Å². The van der Waals surface area contributed by atoms with Crippen molar-refractivity contribution in [3.8, 4) is 0 Å². The highest BCUT2D eigenvalue weighted by molar-refractivity contribution is 5.82. The molecule has 0 saturated carbocycles. The number of fused-ring (bicyclic) bond motifs is 2. The minimum atomic E-state index is -0.127. The van der Waals surface area contributed by atoms with Crippen LogP contribution in [-0.2, 0) is 24.3 Å². The SMILES string of the molecule is CCN1Cc2ccccc2CC1C(=O)NCc1ccc2nonc2c1. The second kappa shape index (κ2) is 6.64. The molecule has 1 aromatic heterocycles. The average Bonchev–Trinajstić information content (AvgIpc) is 3.12. The highest BCUT2D eigenvalue weighted by Gasteiger charge is 2.30. The molecular weight excluding hydrogens is 316 g/mol. The van der Waals surface area contributed by atoms with Crippen LogP contribution >= 0.6 is 0 Å². The van der Waals surface area contributed by atoms with Crippen molar-refractivity contribution >= 4 is 16.9 Å². The van der Waals surface area contributed by atoms with Gasteiger partial charge >= 0.3 is 0 Å². The van der Waals surface area contributed by atoms with Crippen molar-refractivity contribution in [2.75, 3.05) is 6.54 Å². The standard InChI is InChI=1S/C19H20N4O2/c1-2-23-12-15-6-4-3-5-14(15)10-18(23)19(24)20-11-13-7-8-16-17(9-13)22-25-21-16/h3-9,18H,2,10-12H2,1H3,(H,20,24). The lowest BCUT2D eigenvalue weighted by molar-refractivity contribution is -0.127. The Morgan fingerprint density at radius 2 is 2.00 bits per heavy atom. The number of nitrogens with zero attached hydrogens (tertiary/aromatic N) is 3. The number of rotatable bonds is 4. The van der Waals surface area contributed by atoms with Gasteiger partial charge in [-0.3, -0.25) is 9.69 Å². The summed E-state index contributed by atoms with van der Waals surface area (Å²) in [5.74, 6) is 0.0646. The summed E-state index contributed by atoms with van der Waals surface area (Å²) in [5, 5.41) is 10.7. The summed E-state index contributed by atoms with van der Waals surface area (Å²) >= 11 is 0. The van der Waals surface area contributed by atoms with Crippen LogP contribution < -0.4 is 5.32 Å². The quantitative estimate of drug-likeness (QED) is 0.791. The van der Waals surface area contributed by atoms with Crippen molar-refractivity contribution in [1.29, 1.82) is 0 Å². The van der Waals surface area contributed by atoms with Crippen LogP contribution in [0.15, 0.2) is 47.1 Å². The molecule has 1 unspecified atom stereocenters. The Morgan fingerprint density at radius 3 is 2.84 bits per heavy atom. The van der Waals surface area contributed by atoms with Crippen LogP contribution in [0.2, 0.25) is 0 Å². The molecule has 2 aromatic carbocycles. The zero-order valence-electron chi connectivity index (χ0n) is 14.1. The molecule has 2 heterocycles. The van der Waals surface area contributed by atoms with Gasteiger partial charge in [0.2, 0.25) is 5.91 Å². The van der Waals surface area contributed by atoms with Crippen molar-refractivity contribution in [1.82, 2.24) is 20.5 Å². The van der Waals surface area contributed by atoms with Crippen LogP contribution in [0.25, 0.3) is 11.0 Å². The van der Waals surface area contributed by atoms with Gasteiger partial charge in [0, 0.05) is 13.1 Å². The predicted molar refractivity (Wildman–Crippen MR) is 93.7 cm³/mol. The Labute approximate surface area is 145 Å². The van der Waals surface area contributed by atoms with Crippen LogP contribution in [0.3, 0.4) is 0 Å². The molecule has 3 aromatic rings. The molecule has 0 radical (unpaired) electrons. The van der Waals surface area contributed by atoms with Crippen LogP contribution in [0.1, 0.15) is 23.6 Å². The van der Waals surface area contributed by atoms with Crippen molar-refractivity contribution < 1.29 is 9.42 Å². The third-order valence-corrected chi connectivity index (χ3v) is 4.84. The van der Waals surface area contributed by atoms with Crippen LogP contribution in [-0.4, -0.2) is 33.7 Å². The fourth-order valence-electron chi connectivity index (χ4n) is 3.41. The maximum absolute atomic E-state index is 12.8. The van der Waals surface area contributed by atoms with E-state index in [0.717, 1.165) is 30.6 Å². The highest BCUT2D eigenvalue weighted by Crippen LogP contribution is 2.23. The molecule has 25 heavy (non-hydrogen) atoms. The molecule has 0 spiro atoms. The van der Waals surface area contributed by atoms with E-state index in [2.05, 4.69) is 45.7 Å². The minimum absolute atomic E-state index is 0.0646. The molecule has 0 saturated heterocycles. The van der Waals surface area contributed by atoms with Crippen molar-refractivity contribution in [2.24, 2.45) is 0 Å². The zero-order chi connectivity index (χ0) is 17.2. The van der Waals surface area contributed by atoms with E-state index in [1.165, 1.54) is 11.1 Å². The van der Waals surface area contributed by atoms with E-state index >= 15 is 0 Å². The first-order valence-electron chi connectivity index (χ1n) is 8.54. The Morgan fingerprint density at radius 1 is 1.20 bits per heavy atom. The number of aromatic nitrogens is 2. The number of benzene rings is 2. The molecule has 1 aliphatic rings. The highest BCUT2D eigenvalue weighted by atomic mass is 16.6. The molecule has 4 rings (SSSR count). The topological polar surface area (TPSA) is 71.3 Å². The fourth-order valence-corrected chi connectivity index (χ4v) is 3.41. The summed E-state index contributed by atoms with van der Waals surface area (Å²) in [7, 11) is 0. The van der Waals surface area contributed by atoms with Gasteiger partial charge in [-0.15, -0.1) is 0 Å². The summed E-state index contributed by atoms with van der Waals surface area (Å²) in [6, 6.07) is 13.9. The van der Waals surface area contributed by atoms with E-state index < -0.39 is 0 Å². The smallest absolute Gasteiger partial charge is 0.237 e. The summed E-state index contributed by atoms with van der Waals surface area (Å²) in [6.45, 7) is 4.24. The van der Waals surface area contributed by atoms with Gasteiger partial charge in [-0.25, -0.2) is 4.63 Å². The number of carbonyl (C=O) groups excluding carboxylic acids is 1. The average molecular weight is 336 g/mol. The van der Waals surface area contributed by atoms with Gasteiger partial charge in [-0.05, 0) is 52.1 Å². The Kier molecular flexibility index (Phi) is 4.19. The number of nitrogens with one attached hydrogen (secondary N) is 1. The first kappa shape index (κ1) is 15.8. The van der Waals surface area contributed by atoms with Crippen molar-refractivity contribution in [2.45, 2.75) is 32.5 Å². The van der Waals surface area contributed by atoms with E-state index in [4.69, 9.17) is 4.63 Å². The normalized spacial score (nSPS) is 17.4. The van der Waals surface area contributed by atoms with E-state index in [0.29, 0.717) is 12.1 Å². The second-order valence-corrected chi connectivity index (χ2v) is 6.36. The molecule has 1 atom stereocenters. The molecule has 0 bridgehead atoms. The predicted octanol–water partition coefficient (Wildman–Crippen LogP) is 2.29. The third-order valence-electron chi connectivity index (χ3n) is 4.84. The lowest BCUT2D eigenvalue weighted by atomic mass is 9.93. The number of hydrogen-bond donors (Lipinski definition) is 1. The molecule has 1 aliphatic heterocycles. The fraction of sp³-hybridized carbons (Fsp3) is 0.316. The summed E-state index contributed by atoms with van der Waals surface area (Å²) in [6.07, 6.45) is 0.752. The number of hydrogen-bond acceptors (Lipinski definition) is 5. The molecule has 1 N–H and O–H groups in total. The molecule has 0 aliphatic carbocycles. The molecule has 0 fully saturated rings. The maximum Gasteiger partial charge on any atom is 0.237 e. The lowest BCUT2D eigenvalue weighted by Gasteiger charge is -2.35. The molecule has 6 heteroatoms. The number of amides is 1. The first-order valence-corrected chi connectivity index (χ1v) is 8.54. The van der Waals surface area contributed by atoms with Crippen LogP contribution in [0, 0.1) is 0 Å². The van der Waals surface area contributed by atoms with Gasteiger partial charge < -0.3 is 5.32 Å². The molecular formula is C19H20N4O2. The van der Waals surface area contributed by atoms with Gasteiger partial charge in [0.05, 0.1) is 6.04 Å². The third kappa shape index (κ3) is 3.13. The number of carbonyl (C=O) groups is 1. The van der Waals surface area contributed by atoms with Crippen molar-refractivity contribution in [3.05, 3.63) is 59.2 Å². The Balaban J connectivity index is 1.46. The lowest BCUT2D eigenvalue weighted by Crippen LogP contribution is -2.49. The monoisotopic (exact) mass is 336 g/mol. The molecule has 1 amide bonds. The van der Waals surface area contributed by atoms with E-state index in [-0.39, 0.29) is 11.9 Å². The first-order chi connectivity index (χ1) is 12.2. The second-order valence-electron chi connectivity index (χ2n) is 6.36. The largest absolute Gasteiger partial charge is 0.351 e. The van der Waals surface area contributed by atoms with E-state index in [9.17, 15) is 4.79 Å². The summed E-state index contributed by atoms with van der Waals surface area (Å²) in [4.78, 5) is 15.0. The Bertz CT molecular complexity index is 905. The Hall–Kier alpha value is -2.73. The minimum Gasteiger partial charge on any atom is -0.351 e. The summed E-state index contributed by atoms with van der Waals surface area (Å²) in [5.41, 5.74) is 4.99. The molecule has 128 valence electrons. The molecule has 6 nitrogen and oxygen atoms in total. The maximum atomic E-state index is 12.8. The van der Waals surface area contributed by atoms with E-state index in [1.807, 2.05) is 24.3 Å². The van der Waals surface area contributed by atoms with Crippen LogP contribution in [0.5, 0.6) is 0 Å². The van der Waals surface area contributed by atoms with Gasteiger partial charge in [-0.1, -0.05) is 37.3 Å². The van der Waals surface area contributed by atoms with E-state index in [1.54, 1.807) is 0 Å². The van der Waals surface area contributed by atoms with Gasteiger partial charge in [0.25, 0.3) is 0 Å². The van der Waals surface area contributed by atoms with Gasteiger partial charge in [0.1, 0.15) is 11.0 Å². The summed E-state index contributed by atoms with van der Waals surface area (Å²) < 4.78 is 4.71. The van der Waals surface area contributed by atoms with Crippen LogP contribution in [0.4, 0.5) is 0 Å².